The predicted molar refractivity (Wildman–Crippen MR) is 102 cm³/mol. The van der Waals surface area contributed by atoms with Crippen LogP contribution in [0.4, 0.5) is 24.7 Å². The average Bonchev–Trinajstić information content (AvgIpc) is 3.00. The van der Waals surface area contributed by atoms with Crippen molar-refractivity contribution in [2.75, 3.05) is 4.72 Å². The fraction of sp³-hybridized carbons (Fsp3) is 0.167. The lowest BCUT2D eigenvalue weighted by molar-refractivity contribution is -0.385. The smallest absolute Gasteiger partial charge is 0.263 e. The van der Waals surface area contributed by atoms with E-state index in [2.05, 4.69) is 9.82 Å². The summed E-state index contributed by atoms with van der Waals surface area (Å²) < 4.78 is 69.0. The van der Waals surface area contributed by atoms with Gasteiger partial charge in [-0.3, -0.25) is 14.8 Å². The number of hydrogen-bond donors (Lipinski definition) is 1. The Labute approximate surface area is 169 Å². The number of hydrogen-bond acceptors (Lipinski definition) is 5. The molecular formula is C18H15F3N4O4S. The highest BCUT2D eigenvalue weighted by Gasteiger charge is 2.34. The maximum absolute atomic E-state index is 13.4. The van der Waals surface area contributed by atoms with E-state index in [1.807, 2.05) is 0 Å². The summed E-state index contributed by atoms with van der Waals surface area (Å²) in [6.07, 6.45) is -4.69. The molecule has 0 unspecified atom stereocenters. The highest BCUT2D eigenvalue weighted by Crippen LogP contribution is 2.35. The fourth-order valence-electron chi connectivity index (χ4n) is 2.84. The number of para-hydroxylation sites is 1. The Morgan fingerprint density at radius 2 is 1.77 bits per heavy atom. The molecule has 3 rings (SSSR count). The Kier molecular flexibility index (Phi) is 5.29. The van der Waals surface area contributed by atoms with Crippen molar-refractivity contribution in [1.29, 1.82) is 0 Å². The Morgan fingerprint density at radius 1 is 1.10 bits per heavy atom. The van der Waals surface area contributed by atoms with Crippen LogP contribution in [-0.2, 0) is 16.2 Å². The minimum Gasteiger partial charge on any atom is -0.263 e. The number of aryl methyl sites for hydroxylation is 2. The Hall–Kier alpha value is -3.41. The first kappa shape index (κ1) is 21.3. The van der Waals surface area contributed by atoms with Crippen molar-refractivity contribution in [2.45, 2.75) is 24.9 Å². The zero-order chi connectivity index (χ0) is 22.3. The summed E-state index contributed by atoms with van der Waals surface area (Å²) in [5, 5.41) is 15.0. The Bertz CT molecular complexity index is 1240. The van der Waals surface area contributed by atoms with Gasteiger partial charge in [0.15, 0.2) is 0 Å². The van der Waals surface area contributed by atoms with Crippen molar-refractivity contribution in [2.24, 2.45) is 0 Å². The summed E-state index contributed by atoms with van der Waals surface area (Å²) in [5.74, 6) is -0.241. The molecule has 0 spiro atoms. The van der Waals surface area contributed by atoms with Crippen molar-refractivity contribution in [3.05, 3.63) is 75.5 Å². The number of benzene rings is 2. The molecule has 1 aromatic heterocycles. The van der Waals surface area contributed by atoms with E-state index in [0.717, 1.165) is 28.9 Å². The quantitative estimate of drug-likeness (QED) is 0.472. The monoisotopic (exact) mass is 440 g/mol. The number of halogens is 3. The van der Waals surface area contributed by atoms with Crippen LogP contribution in [0.5, 0.6) is 0 Å². The number of nitro benzene ring substituents is 1. The van der Waals surface area contributed by atoms with Crippen LogP contribution in [0.15, 0.2) is 53.4 Å². The van der Waals surface area contributed by atoms with E-state index in [1.165, 1.54) is 38.1 Å². The molecule has 0 aliphatic heterocycles. The van der Waals surface area contributed by atoms with Crippen molar-refractivity contribution >= 4 is 21.5 Å². The van der Waals surface area contributed by atoms with Crippen LogP contribution < -0.4 is 4.72 Å². The molecule has 2 aromatic carbocycles. The molecule has 0 bridgehead atoms. The third-order valence-electron chi connectivity index (χ3n) is 4.18. The lowest BCUT2D eigenvalue weighted by Crippen LogP contribution is -2.18. The van der Waals surface area contributed by atoms with Crippen molar-refractivity contribution in [3.63, 3.8) is 0 Å². The van der Waals surface area contributed by atoms with E-state index in [4.69, 9.17) is 0 Å². The van der Waals surface area contributed by atoms with Crippen molar-refractivity contribution < 1.29 is 26.5 Å². The normalized spacial score (nSPS) is 12.0. The SMILES string of the molecule is Cc1cc(NS(=O)(=O)c2cc([N+](=O)[O-])ccc2C)n(-c2ccccc2C(F)(F)F)n1. The van der Waals surface area contributed by atoms with E-state index in [1.54, 1.807) is 0 Å². The third-order valence-corrected chi connectivity index (χ3v) is 5.68. The lowest BCUT2D eigenvalue weighted by atomic mass is 10.1. The molecule has 0 aliphatic rings. The van der Waals surface area contributed by atoms with Gasteiger partial charge in [-0.05, 0) is 31.5 Å². The molecule has 0 saturated carbocycles. The molecule has 0 aliphatic carbocycles. The third kappa shape index (κ3) is 4.13. The molecule has 0 atom stereocenters. The minimum atomic E-state index is -4.69. The second-order valence-electron chi connectivity index (χ2n) is 6.41. The number of nitro groups is 1. The standard InChI is InChI=1S/C18H15F3N4O4S/c1-11-7-8-13(25(26)27)10-16(11)30(28,29)23-17-9-12(2)22-24(17)15-6-4-3-5-14(15)18(19,20)21/h3-10,23H,1-2H3. The molecule has 158 valence electrons. The zero-order valence-corrected chi connectivity index (χ0v) is 16.5. The number of sulfonamides is 1. The predicted octanol–water partition coefficient (Wildman–Crippen LogP) is 4.22. The molecule has 0 saturated heterocycles. The van der Waals surface area contributed by atoms with E-state index < -0.39 is 32.4 Å². The molecule has 3 aromatic rings. The van der Waals surface area contributed by atoms with E-state index in [-0.39, 0.29) is 27.7 Å². The van der Waals surface area contributed by atoms with Crippen LogP contribution in [0.25, 0.3) is 5.69 Å². The molecule has 8 nitrogen and oxygen atoms in total. The Balaban J connectivity index is 2.11. The number of aromatic nitrogens is 2. The molecule has 30 heavy (non-hydrogen) atoms. The van der Waals surface area contributed by atoms with Gasteiger partial charge in [0.25, 0.3) is 15.7 Å². The second kappa shape index (κ2) is 7.44. The summed E-state index contributed by atoms with van der Waals surface area (Å²) >= 11 is 0. The van der Waals surface area contributed by atoms with Gasteiger partial charge in [0, 0.05) is 18.2 Å². The largest absolute Gasteiger partial charge is 0.418 e. The number of anilines is 1. The topological polar surface area (TPSA) is 107 Å². The van der Waals surface area contributed by atoms with Crippen molar-refractivity contribution in [1.82, 2.24) is 9.78 Å². The van der Waals surface area contributed by atoms with Crippen LogP contribution in [0.3, 0.4) is 0 Å². The lowest BCUT2D eigenvalue weighted by Gasteiger charge is -2.16. The molecule has 0 fully saturated rings. The van der Waals surface area contributed by atoms with Crippen molar-refractivity contribution in [3.8, 4) is 5.69 Å². The Morgan fingerprint density at radius 3 is 2.40 bits per heavy atom. The van der Waals surface area contributed by atoms with Gasteiger partial charge >= 0.3 is 6.18 Å². The van der Waals surface area contributed by atoms with Gasteiger partial charge < -0.3 is 0 Å². The van der Waals surface area contributed by atoms with Gasteiger partial charge in [-0.25, -0.2) is 13.1 Å². The van der Waals surface area contributed by atoms with E-state index in [9.17, 15) is 31.7 Å². The highest BCUT2D eigenvalue weighted by atomic mass is 32.2. The van der Waals surface area contributed by atoms with Gasteiger partial charge in [-0.2, -0.15) is 18.3 Å². The summed E-state index contributed by atoms with van der Waals surface area (Å²) in [5.41, 5.74) is -1.31. The first-order valence-electron chi connectivity index (χ1n) is 8.41. The van der Waals surface area contributed by atoms with Crippen LogP contribution in [-0.4, -0.2) is 23.1 Å². The van der Waals surface area contributed by atoms with Gasteiger partial charge in [-0.1, -0.05) is 18.2 Å². The average molecular weight is 440 g/mol. The summed E-state index contributed by atoms with van der Waals surface area (Å²) in [6, 6.07) is 9.16. The molecule has 0 radical (unpaired) electrons. The highest BCUT2D eigenvalue weighted by molar-refractivity contribution is 7.92. The van der Waals surface area contributed by atoms with Crippen LogP contribution in [0.2, 0.25) is 0 Å². The van der Waals surface area contributed by atoms with Gasteiger partial charge in [-0.15, -0.1) is 0 Å². The minimum absolute atomic E-state index is 0.228. The molecule has 12 heteroatoms. The zero-order valence-electron chi connectivity index (χ0n) is 15.6. The maximum atomic E-state index is 13.4. The summed E-state index contributed by atoms with van der Waals surface area (Å²) in [4.78, 5) is 9.88. The number of nitrogens with zero attached hydrogens (tertiary/aromatic N) is 3. The van der Waals surface area contributed by atoms with Gasteiger partial charge in [0.2, 0.25) is 0 Å². The number of nitrogens with one attached hydrogen (secondary N) is 1. The van der Waals surface area contributed by atoms with Crippen LogP contribution in [0, 0.1) is 24.0 Å². The molecular weight excluding hydrogens is 425 g/mol. The molecule has 1 heterocycles. The van der Waals surface area contributed by atoms with Gasteiger partial charge in [0.05, 0.1) is 26.8 Å². The maximum Gasteiger partial charge on any atom is 0.418 e. The van der Waals surface area contributed by atoms with Crippen LogP contribution in [0.1, 0.15) is 16.8 Å². The van der Waals surface area contributed by atoms with Gasteiger partial charge in [0.1, 0.15) is 5.82 Å². The molecule has 1 N–H and O–H groups in total. The first-order valence-corrected chi connectivity index (χ1v) is 9.89. The van der Waals surface area contributed by atoms with Crippen LogP contribution >= 0.6 is 0 Å². The second-order valence-corrected chi connectivity index (χ2v) is 8.06. The number of non-ortho nitro benzene ring substituents is 1. The number of alkyl halides is 3. The summed E-state index contributed by atoms with van der Waals surface area (Å²) in [6.45, 7) is 2.93. The first-order chi connectivity index (χ1) is 13.9. The fourth-order valence-corrected chi connectivity index (χ4v) is 4.14. The van der Waals surface area contributed by atoms with E-state index in [0.29, 0.717) is 0 Å². The summed E-state index contributed by atoms with van der Waals surface area (Å²) in [7, 11) is -4.36. The molecule has 0 amide bonds. The van der Waals surface area contributed by atoms with E-state index >= 15 is 0 Å². The number of rotatable bonds is 5.